The number of allylic oxidation sites excluding steroid dienone is 1. The SMILES string of the molecule is COC(=O)C1=C(C(=O)OC)C2(c3ccc(C(F)(F)F)cc3)C3=C(CCC3)C(c3ccc(C(F)(F)F)cc3)=NN2C1(C#N)C#N. The summed E-state index contributed by atoms with van der Waals surface area (Å²) >= 11 is 0. The Hall–Kier alpha value is -5.11. The van der Waals surface area contributed by atoms with Crippen LogP contribution < -0.4 is 0 Å². The zero-order valence-electron chi connectivity index (χ0n) is 22.9. The minimum atomic E-state index is -4.73. The van der Waals surface area contributed by atoms with Crippen LogP contribution >= 0.6 is 0 Å². The lowest BCUT2D eigenvalue weighted by Crippen LogP contribution is -2.55. The number of fused-ring (bicyclic) bond motifs is 2. The van der Waals surface area contributed by atoms with Gasteiger partial charge in [0.2, 0.25) is 0 Å². The van der Waals surface area contributed by atoms with Gasteiger partial charge in [-0.25, -0.2) is 14.6 Å². The maximum atomic E-state index is 13.6. The Morgan fingerprint density at radius 2 is 1.32 bits per heavy atom. The van der Waals surface area contributed by atoms with Crippen molar-refractivity contribution in [3.8, 4) is 12.1 Å². The molecule has 8 nitrogen and oxygen atoms in total. The molecule has 0 radical (unpaired) electrons. The number of alkyl halides is 6. The number of benzene rings is 2. The van der Waals surface area contributed by atoms with Gasteiger partial charge in [0.15, 0.2) is 0 Å². The Morgan fingerprint density at radius 3 is 1.80 bits per heavy atom. The van der Waals surface area contributed by atoms with Gasteiger partial charge < -0.3 is 9.47 Å². The molecule has 5 rings (SSSR count). The number of hydrogen-bond donors (Lipinski definition) is 0. The lowest BCUT2D eigenvalue weighted by molar-refractivity contribution is -0.139. The van der Waals surface area contributed by atoms with E-state index in [0.717, 1.165) is 67.8 Å². The van der Waals surface area contributed by atoms with Crippen LogP contribution in [0.15, 0.2) is 75.9 Å². The number of rotatable bonds is 4. The largest absolute Gasteiger partial charge is 0.466 e. The van der Waals surface area contributed by atoms with E-state index in [1.807, 2.05) is 0 Å². The van der Waals surface area contributed by atoms with Gasteiger partial charge in [0.1, 0.15) is 23.3 Å². The molecule has 1 unspecified atom stereocenters. The maximum absolute atomic E-state index is 13.6. The Kier molecular flexibility index (Phi) is 7.08. The zero-order chi connectivity index (χ0) is 32.2. The summed E-state index contributed by atoms with van der Waals surface area (Å²) in [5.74, 6) is -2.43. The van der Waals surface area contributed by atoms with E-state index in [9.17, 15) is 46.5 Å². The molecular weight excluding hydrogens is 594 g/mol. The first-order chi connectivity index (χ1) is 20.7. The zero-order valence-corrected chi connectivity index (χ0v) is 22.9. The first-order valence-electron chi connectivity index (χ1n) is 12.9. The summed E-state index contributed by atoms with van der Waals surface area (Å²) in [4.78, 5) is 26.9. The molecule has 2 aliphatic heterocycles. The first-order valence-corrected chi connectivity index (χ1v) is 12.9. The molecule has 2 aromatic rings. The predicted molar refractivity (Wildman–Crippen MR) is 139 cm³/mol. The van der Waals surface area contributed by atoms with Crippen molar-refractivity contribution in [1.82, 2.24) is 5.01 Å². The van der Waals surface area contributed by atoms with Gasteiger partial charge in [-0.1, -0.05) is 24.3 Å². The number of nitriles is 2. The summed E-state index contributed by atoms with van der Waals surface area (Å²) < 4.78 is 90.5. The molecule has 0 N–H and O–H groups in total. The van der Waals surface area contributed by atoms with Crippen molar-refractivity contribution in [3.63, 3.8) is 0 Å². The van der Waals surface area contributed by atoms with Gasteiger partial charge in [0.25, 0.3) is 5.54 Å². The van der Waals surface area contributed by atoms with Crippen LogP contribution in [-0.4, -0.2) is 42.4 Å². The highest BCUT2D eigenvalue weighted by Crippen LogP contribution is 2.61. The van der Waals surface area contributed by atoms with Crippen molar-refractivity contribution < 1.29 is 45.4 Å². The molecule has 0 aromatic heterocycles. The van der Waals surface area contributed by atoms with Crippen LogP contribution in [0.5, 0.6) is 0 Å². The second-order valence-electron chi connectivity index (χ2n) is 10.1. The summed E-state index contributed by atoms with van der Waals surface area (Å²) in [6, 6.07) is 11.1. The number of halogens is 6. The molecule has 0 bridgehead atoms. The normalized spacial score (nSPS) is 20.8. The van der Waals surface area contributed by atoms with Crippen LogP contribution in [0, 0.1) is 22.7 Å². The molecule has 0 spiro atoms. The fourth-order valence-corrected chi connectivity index (χ4v) is 6.14. The number of carbonyl (C=O) groups excluding carboxylic acids is 2. The van der Waals surface area contributed by atoms with E-state index < -0.39 is 57.6 Å². The summed E-state index contributed by atoms with van der Waals surface area (Å²) in [5, 5.41) is 26.5. The van der Waals surface area contributed by atoms with Gasteiger partial charge in [0, 0.05) is 5.56 Å². The van der Waals surface area contributed by atoms with Gasteiger partial charge in [-0.15, -0.1) is 0 Å². The number of methoxy groups -OCH3 is 2. The maximum Gasteiger partial charge on any atom is 0.416 e. The van der Waals surface area contributed by atoms with Gasteiger partial charge >= 0.3 is 24.3 Å². The standard InChI is InChI=1S/C30H20F6N4O4/c1-43-25(41)22-23(26(42)44-2)28(17-10-12-19(13-11-17)30(34,35)36)21-5-3-4-20(21)24(39-40(28)27(22,14-37)15-38)16-6-8-18(9-7-16)29(31,32)33/h6-13H,3-5H2,1-2H3. The Bertz CT molecular complexity index is 1730. The number of hydrogen-bond acceptors (Lipinski definition) is 8. The third-order valence-electron chi connectivity index (χ3n) is 7.97. The van der Waals surface area contributed by atoms with Gasteiger partial charge in [-0.05, 0) is 60.2 Å². The van der Waals surface area contributed by atoms with Crippen LogP contribution in [0.2, 0.25) is 0 Å². The molecule has 3 aliphatic rings. The van der Waals surface area contributed by atoms with Crippen LogP contribution in [0.1, 0.15) is 41.5 Å². The number of hydrazone groups is 1. The number of ether oxygens (including phenoxy) is 2. The molecular formula is C30H20F6N4O4. The molecule has 0 amide bonds. The number of carbonyl (C=O) groups is 2. The molecule has 1 atom stereocenters. The fraction of sp³-hybridized carbons (Fsp3) is 0.300. The fourth-order valence-electron chi connectivity index (χ4n) is 6.14. The highest BCUT2D eigenvalue weighted by atomic mass is 19.4. The molecule has 0 fully saturated rings. The van der Waals surface area contributed by atoms with Crippen molar-refractivity contribution in [3.05, 3.63) is 93.1 Å². The Morgan fingerprint density at radius 1 is 0.818 bits per heavy atom. The third-order valence-corrected chi connectivity index (χ3v) is 7.97. The van der Waals surface area contributed by atoms with E-state index in [2.05, 4.69) is 5.10 Å². The van der Waals surface area contributed by atoms with Crippen molar-refractivity contribution in [2.75, 3.05) is 14.2 Å². The molecule has 44 heavy (non-hydrogen) atoms. The molecule has 0 saturated heterocycles. The summed E-state index contributed by atoms with van der Waals surface area (Å²) in [6.07, 6.45) is -8.52. The molecule has 2 aromatic carbocycles. The second kappa shape index (κ2) is 10.3. The van der Waals surface area contributed by atoms with E-state index >= 15 is 0 Å². The van der Waals surface area contributed by atoms with Crippen LogP contribution in [-0.2, 0) is 37.0 Å². The number of esters is 2. The lowest BCUT2D eigenvalue weighted by Gasteiger charge is -2.46. The average Bonchev–Trinajstić information content (AvgIpc) is 3.59. The minimum absolute atomic E-state index is 0.0377. The highest BCUT2D eigenvalue weighted by Gasteiger charge is 2.69. The summed E-state index contributed by atoms with van der Waals surface area (Å²) in [5.41, 5.74) is -7.08. The smallest absolute Gasteiger partial charge is 0.416 e. The minimum Gasteiger partial charge on any atom is -0.466 e. The van der Waals surface area contributed by atoms with Crippen molar-refractivity contribution in [2.45, 2.75) is 42.7 Å². The number of nitrogens with zero attached hydrogens (tertiary/aromatic N) is 4. The Balaban J connectivity index is 1.91. The van der Waals surface area contributed by atoms with E-state index in [4.69, 9.17) is 9.47 Å². The van der Waals surface area contributed by atoms with Crippen LogP contribution in [0.3, 0.4) is 0 Å². The highest BCUT2D eigenvalue weighted by molar-refractivity contribution is 6.16. The third kappa shape index (κ3) is 4.16. The molecule has 0 saturated carbocycles. The van der Waals surface area contributed by atoms with E-state index in [1.165, 1.54) is 0 Å². The topological polar surface area (TPSA) is 116 Å². The molecule has 2 heterocycles. The molecule has 226 valence electrons. The van der Waals surface area contributed by atoms with Gasteiger partial charge in [0.05, 0.1) is 36.6 Å². The predicted octanol–water partition coefficient (Wildman–Crippen LogP) is 5.56. The monoisotopic (exact) mass is 614 g/mol. The van der Waals surface area contributed by atoms with Crippen molar-refractivity contribution in [2.24, 2.45) is 5.10 Å². The van der Waals surface area contributed by atoms with Crippen molar-refractivity contribution >= 4 is 17.7 Å². The van der Waals surface area contributed by atoms with E-state index in [1.54, 1.807) is 12.1 Å². The van der Waals surface area contributed by atoms with E-state index in [-0.39, 0.29) is 29.7 Å². The summed E-state index contributed by atoms with van der Waals surface area (Å²) in [6.45, 7) is 0. The van der Waals surface area contributed by atoms with Gasteiger partial charge in [-0.3, -0.25) is 0 Å². The molecule has 14 heteroatoms. The molecule has 1 aliphatic carbocycles. The second-order valence-corrected chi connectivity index (χ2v) is 10.1. The van der Waals surface area contributed by atoms with Gasteiger partial charge in [-0.2, -0.15) is 42.0 Å². The Labute approximate surface area is 246 Å². The van der Waals surface area contributed by atoms with Crippen molar-refractivity contribution in [1.29, 1.82) is 10.5 Å². The van der Waals surface area contributed by atoms with E-state index in [0.29, 0.717) is 17.6 Å². The van der Waals surface area contributed by atoms with Crippen LogP contribution in [0.25, 0.3) is 0 Å². The summed E-state index contributed by atoms with van der Waals surface area (Å²) in [7, 11) is 1.93. The quantitative estimate of drug-likeness (QED) is 0.327. The van der Waals surface area contributed by atoms with Crippen LogP contribution in [0.4, 0.5) is 26.3 Å². The first kappa shape index (κ1) is 30.4. The average molecular weight is 615 g/mol. The lowest BCUT2D eigenvalue weighted by atomic mass is 9.73.